The van der Waals surface area contributed by atoms with Crippen LogP contribution in [0.2, 0.25) is 0 Å². The number of carbonyl (C=O) groups excluding carboxylic acids is 3. The molecule has 0 aliphatic carbocycles. The van der Waals surface area contributed by atoms with Crippen molar-refractivity contribution in [2.45, 2.75) is 26.3 Å². The molecule has 0 fully saturated rings. The highest BCUT2D eigenvalue weighted by Crippen LogP contribution is 2.30. The van der Waals surface area contributed by atoms with Crippen LogP contribution in [0.15, 0.2) is 22.7 Å². The number of amides is 3. The van der Waals surface area contributed by atoms with Crippen molar-refractivity contribution in [3.63, 3.8) is 0 Å². The number of esters is 1. The van der Waals surface area contributed by atoms with Crippen LogP contribution in [0.3, 0.4) is 0 Å². The number of aromatic nitrogens is 1. The second-order valence-corrected chi connectivity index (χ2v) is 6.91. The predicted octanol–water partition coefficient (Wildman–Crippen LogP) is 1.96. The van der Waals surface area contributed by atoms with Gasteiger partial charge in [0.25, 0.3) is 5.91 Å². The second-order valence-electron chi connectivity index (χ2n) is 6.91. The summed E-state index contributed by atoms with van der Waals surface area (Å²) in [6.07, 6.45) is 0.470. The highest BCUT2D eigenvalue weighted by Gasteiger charge is 2.30. The first kappa shape index (κ1) is 22.9. The molecule has 1 aromatic heterocycles. The van der Waals surface area contributed by atoms with Gasteiger partial charge in [-0.2, -0.15) is 0 Å². The summed E-state index contributed by atoms with van der Waals surface area (Å²) in [4.78, 5) is 38.3. The van der Waals surface area contributed by atoms with E-state index < -0.39 is 11.9 Å². The van der Waals surface area contributed by atoms with Crippen molar-refractivity contribution in [3.8, 4) is 11.5 Å². The number of hydrogen-bond acceptors (Lipinski definition) is 8. The number of ether oxygens (including phenoxy) is 3. The summed E-state index contributed by atoms with van der Waals surface area (Å²) in [7, 11) is 3.04. The van der Waals surface area contributed by atoms with E-state index in [1.54, 1.807) is 30.0 Å². The predicted molar refractivity (Wildman–Crippen MR) is 113 cm³/mol. The molecule has 0 radical (unpaired) electrons. The van der Waals surface area contributed by atoms with Gasteiger partial charge in [0.15, 0.2) is 5.69 Å². The number of methoxy groups -OCH3 is 2. The van der Waals surface area contributed by atoms with E-state index in [0.29, 0.717) is 41.5 Å². The van der Waals surface area contributed by atoms with Crippen LogP contribution in [0.5, 0.6) is 11.5 Å². The number of hydrogen-bond donors (Lipinski definition) is 2. The standard InChI is InChI=1S/C21H26N4O7/c1-4-31-18(26)7-9-22-20(27)19-14-12-25(10-8-16(14)32-24-19)21(28)23-15-11-13(29-2)5-6-17(15)30-3/h5-6,11H,4,7-10,12H2,1-3H3,(H,22,27)(H,23,28). The molecule has 0 bridgehead atoms. The van der Waals surface area contributed by atoms with Gasteiger partial charge < -0.3 is 34.3 Å². The molecule has 1 aliphatic rings. The van der Waals surface area contributed by atoms with Crippen LogP contribution in [0, 0.1) is 0 Å². The lowest BCUT2D eigenvalue weighted by Gasteiger charge is -2.26. The molecule has 0 saturated heterocycles. The lowest BCUT2D eigenvalue weighted by Crippen LogP contribution is -2.39. The zero-order valence-electron chi connectivity index (χ0n) is 18.2. The molecule has 3 amide bonds. The molecule has 11 nitrogen and oxygen atoms in total. The number of benzene rings is 1. The molecular weight excluding hydrogens is 420 g/mol. The maximum atomic E-state index is 12.9. The van der Waals surface area contributed by atoms with Gasteiger partial charge in [0.05, 0.1) is 39.5 Å². The Morgan fingerprint density at radius 2 is 2.03 bits per heavy atom. The van der Waals surface area contributed by atoms with Crippen LogP contribution >= 0.6 is 0 Å². The fourth-order valence-corrected chi connectivity index (χ4v) is 3.26. The minimum atomic E-state index is -0.476. The number of anilines is 1. The van der Waals surface area contributed by atoms with E-state index in [2.05, 4.69) is 15.8 Å². The first-order valence-electron chi connectivity index (χ1n) is 10.2. The Morgan fingerprint density at radius 3 is 2.75 bits per heavy atom. The Bertz CT molecular complexity index is 989. The van der Waals surface area contributed by atoms with Crippen molar-refractivity contribution in [2.24, 2.45) is 0 Å². The summed E-state index contributed by atoms with van der Waals surface area (Å²) in [5.41, 5.74) is 1.10. The van der Waals surface area contributed by atoms with E-state index in [-0.39, 0.29) is 37.8 Å². The number of fused-ring (bicyclic) bond motifs is 1. The zero-order valence-corrected chi connectivity index (χ0v) is 18.2. The van der Waals surface area contributed by atoms with Gasteiger partial charge in [-0.3, -0.25) is 9.59 Å². The lowest BCUT2D eigenvalue weighted by molar-refractivity contribution is -0.142. The summed E-state index contributed by atoms with van der Waals surface area (Å²) in [5, 5.41) is 9.30. The molecule has 0 spiro atoms. The van der Waals surface area contributed by atoms with Crippen molar-refractivity contribution in [1.82, 2.24) is 15.4 Å². The third-order valence-corrected chi connectivity index (χ3v) is 4.90. The van der Waals surface area contributed by atoms with Crippen LogP contribution in [0.1, 0.15) is 35.2 Å². The molecule has 2 N–H and O–H groups in total. The molecule has 11 heteroatoms. The lowest BCUT2D eigenvalue weighted by atomic mass is 10.1. The summed E-state index contributed by atoms with van der Waals surface area (Å²) in [6, 6.07) is 4.72. The van der Waals surface area contributed by atoms with E-state index in [1.165, 1.54) is 14.2 Å². The van der Waals surface area contributed by atoms with Crippen molar-refractivity contribution < 1.29 is 33.1 Å². The van der Waals surface area contributed by atoms with E-state index in [9.17, 15) is 14.4 Å². The maximum absolute atomic E-state index is 12.9. The Kier molecular flexibility index (Phi) is 7.53. The van der Waals surface area contributed by atoms with Crippen molar-refractivity contribution in [2.75, 3.05) is 39.2 Å². The second kappa shape index (κ2) is 10.5. The van der Waals surface area contributed by atoms with Gasteiger partial charge in [0.2, 0.25) is 0 Å². The minimum absolute atomic E-state index is 0.0521. The maximum Gasteiger partial charge on any atom is 0.322 e. The van der Waals surface area contributed by atoms with Gasteiger partial charge in [-0.05, 0) is 19.1 Å². The molecule has 2 heterocycles. The highest BCUT2D eigenvalue weighted by atomic mass is 16.5. The molecule has 172 valence electrons. The average molecular weight is 446 g/mol. The van der Waals surface area contributed by atoms with E-state index in [4.69, 9.17) is 18.7 Å². The van der Waals surface area contributed by atoms with Gasteiger partial charge in [-0.1, -0.05) is 5.16 Å². The third kappa shape index (κ3) is 5.29. The molecular formula is C21H26N4O7. The molecule has 1 aromatic carbocycles. The van der Waals surface area contributed by atoms with Crippen molar-refractivity contribution >= 4 is 23.6 Å². The monoisotopic (exact) mass is 446 g/mol. The number of urea groups is 1. The topological polar surface area (TPSA) is 132 Å². The van der Waals surface area contributed by atoms with Gasteiger partial charge in [-0.25, -0.2) is 4.79 Å². The van der Waals surface area contributed by atoms with Crippen LogP contribution in [0.25, 0.3) is 0 Å². The first-order valence-corrected chi connectivity index (χ1v) is 10.2. The molecule has 2 aromatic rings. The van der Waals surface area contributed by atoms with E-state index >= 15 is 0 Å². The van der Waals surface area contributed by atoms with Crippen LogP contribution in [-0.4, -0.2) is 61.9 Å². The number of carbonyl (C=O) groups is 3. The Morgan fingerprint density at radius 1 is 1.22 bits per heavy atom. The summed E-state index contributed by atoms with van der Waals surface area (Å²) >= 11 is 0. The average Bonchev–Trinajstić information content (AvgIpc) is 3.22. The molecule has 3 rings (SSSR count). The number of rotatable bonds is 8. The summed E-state index contributed by atoms with van der Waals surface area (Å²) in [5.74, 6) is 0.747. The van der Waals surface area contributed by atoms with Gasteiger partial charge >= 0.3 is 12.0 Å². The summed E-state index contributed by atoms with van der Waals surface area (Å²) < 4.78 is 20.6. The van der Waals surface area contributed by atoms with Crippen LogP contribution in [-0.2, 0) is 22.5 Å². The number of nitrogens with zero attached hydrogens (tertiary/aromatic N) is 2. The Labute approximate surface area is 185 Å². The van der Waals surface area contributed by atoms with Gasteiger partial charge in [0.1, 0.15) is 17.3 Å². The molecule has 1 aliphatic heterocycles. The molecule has 0 atom stereocenters. The molecule has 0 unspecified atom stereocenters. The van der Waals surface area contributed by atoms with Crippen LogP contribution < -0.4 is 20.1 Å². The van der Waals surface area contributed by atoms with E-state index in [0.717, 1.165) is 0 Å². The third-order valence-electron chi connectivity index (χ3n) is 4.90. The molecule has 32 heavy (non-hydrogen) atoms. The zero-order chi connectivity index (χ0) is 23.1. The largest absolute Gasteiger partial charge is 0.497 e. The smallest absolute Gasteiger partial charge is 0.322 e. The SMILES string of the molecule is CCOC(=O)CCNC(=O)c1noc2c1CN(C(=O)Nc1cc(OC)ccc1OC)CC2. The number of nitrogens with one attached hydrogen (secondary N) is 2. The fraction of sp³-hybridized carbons (Fsp3) is 0.429. The summed E-state index contributed by atoms with van der Waals surface area (Å²) in [6.45, 7) is 2.65. The minimum Gasteiger partial charge on any atom is -0.497 e. The quantitative estimate of drug-likeness (QED) is 0.588. The van der Waals surface area contributed by atoms with Gasteiger partial charge in [0, 0.05) is 31.1 Å². The first-order chi connectivity index (χ1) is 15.5. The molecule has 0 saturated carbocycles. The highest BCUT2D eigenvalue weighted by molar-refractivity contribution is 5.95. The normalized spacial score (nSPS) is 12.5. The Balaban J connectivity index is 1.65. The van der Waals surface area contributed by atoms with Crippen LogP contribution in [0.4, 0.5) is 10.5 Å². The Hall–Kier alpha value is -3.76. The van der Waals surface area contributed by atoms with Crippen molar-refractivity contribution in [1.29, 1.82) is 0 Å². The van der Waals surface area contributed by atoms with Crippen molar-refractivity contribution in [3.05, 3.63) is 35.2 Å². The van der Waals surface area contributed by atoms with E-state index in [1.807, 2.05) is 0 Å². The van der Waals surface area contributed by atoms with Gasteiger partial charge in [-0.15, -0.1) is 0 Å². The fourth-order valence-electron chi connectivity index (χ4n) is 3.26.